The molecule has 3 rings (SSSR count). The molecule has 1 aliphatic rings. The molecule has 0 atom stereocenters. The Balaban J connectivity index is 1.76. The van der Waals surface area contributed by atoms with Crippen LogP contribution in [-0.2, 0) is 10.0 Å². The number of piperazine rings is 1. The van der Waals surface area contributed by atoms with Gasteiger partial charge in [0.1, 0.15) is 17.9 Å². The van der Waals surface area contributed by atoms with E-state index in [0.29, 0.717) is 5.56 Å². The van der Waals surface area contributed by atoms with Crippen LogP contribution in [0.15, 0.2) is 46.1 Å². The van der Waals surface area contributed by atoms with E-state index in [-0.39, 0.29) is 32.1 Å². The highest BCUT2D eigenvalue weighted by Gasteiger charge is 2.34. The maximum Gasteiger partial charge on any atom is 0.257 e. The lowest BCUT2D eigenvalue weighted by molar-refractivity contribution is 0.0697. The predicted molar refractivity (Wildman–Crippen MR) is 79.7 cm³/mol. The zero-order valence-electron chi connectivity index (χ0n) is 12.5. The molecule has 1 aromatic carbocycles. The highest BCUT2D eigenvalue weighted by Crippen LogP contribution is 2.23. The topological polar surface area (TPSA) is 70.8 Å². The van der Waals surface area contributed by atoms with Crippen LogP contribution >= 0.6 is 0 Å². The number of carbonyl (C=O) groups excluding carboxylic acids is 1. The number of furan rings is 1. The van der Waals surface area contributed by atoms with Crippen LogP contribution in [0.5, 0.6) is 0 Å². The molecule has 0 bridgehead atoms. The number of sulfonamides is 1. The quantitative estimate of drug-likeness (QED) is 0.839. The average Bonchev–Trinajstić information content (AvgIpc) is 3.08. The number of carbonyl (C=O) groups is 1. The van der Waals surface area contributed by atoms with E-state index < -0.39 is 26.6 Å². The van der Waals surface area contributed by atoms with Crippen molar-refractivity contribution in [3.63, 3.8) is 0 Å². The number of benzene rings is 1. The van der Waals surface area contributed by atoms with Crippen LogP contribution in [0.1, 0.15) is 10.4 Å². The molecule has 0 radical (unpaired) electrons. The number of halogens is 2. The Morgan fingerprint density at radius 2 is 1.67 bits per heavy atom. The standard InChI is InChI=1S/C15H14F2N2O4S/c16-12-2-1-3-13(17)14(12)24(21,22)19-7-5-18(6-8-19)15(20)11-4-9-23-10-11/h1-4,9-10H,5-8H2. The second-order valence-electron chi connectivity index (χ2n) is 5.26. The Kier molecular flexibility index (Phi) is 4.37. The van der Waals surface area contributed by atoms with Crippen molar-refractivity contribution >= 4 is 15.9 Å². The molecule has 1 amide bonds. The maximum atomic E-state index is 13.8. The minimum atomic E-state index is -4.30. The lowest BCUT2D eigenvalue weighted by Crippen LogP contribution is -2.50. The molecule has 6 nitrogen and oxygen atoms in total. The Morgan fingerprint density at radius 1 is 1.04 bits per heavy atom. The normalized spacial score (nSPS) is 16.3. The van der Waals surface area contributed by atoms with Gasteiger partial charge in [-0.3, -0.25) is 4.79 Å². The van der Waals surface area contributed by atoms with E-state index in [1.165, 1.54) is 23.5 Å². The molecule has 2 aromatic rings. The first kappa shape index (κ1) is 16.6. The van der Waals surface area contributed by atoms with Gasteiger partial charge >= 0.3 is 0 Å². The van der Waals surface area contributed by atoms with Crippen LogP contribution in [-0.4, -0.2) is 49.7 Å². The van der Waals surface area contributed by atoms with Crippen LogP contribution in [0, 0.1) is 11.6 Å². The average molecular weight is 356 g/mol. The van der Waals surface area contributed by atoms with E-state index in [0.717, 1.165) is 22.5 Å². The summed E-state index contributed by atoms with van der Waals surface area (Å²) in [6.45, 7) is 0.165. The lowest BCUT2D eigenvalue weighted by atomic mass is 10.2. The molecule has 1 fully saturated rings. The summed E-state index contributed by atoms with van der Waals surface area (Å²) in [6, 6.07) is 4.41. The fourth-order valence-electron chi connectivity index (χ4n) is 2.56. The third-order valence-corrected chi connectivity index (χ3v) is 5.76. The number of hydrogen-bond acceptors (Lipinski definition) is 4. The van der Waals surface area contributed by atoms with Crippen molar-refractivity contribution < 1.29 is 26.4 Å². The van der Waals surface area contributed by atoms with E-state index >= 15 is 0 Å². The molecule has 9 heteroatoms. The van der Waals surface area contributed by atoms with Crippen LogP contribution in [0.3, 0.4) is 0 Å². The van der Waals surface area contributed by atoms with Crippen molar-refractivity contribution in [3.05, 3.63) is 54.0 Å². The first-order chi connectivity index (χ1) is 11.4. The molecule has 128 valence electrons. The zero-order chi connectivity index (χ0) is 17.3. The van der Waals surface area contributed by atoms with Crippen LogP contribution in [0.2, 0.25) is 0 Å². The second-order valence-corrected chi connectivity index (χ2v) is 7.13. The monoisotopic (exact) mass is 356 g/mol. The van der Waals surface area contributed by atoms with Crippen LogP contribution in [0.25, 0.3) is 0 Å². The Hall–Kier alpha value is -2.26. The Morgan fingerprint density at radius 3 is 2.21 bits per heavy atom. The van der Waals surface area contributed by atoms with E-state index in [1.807, 2.05) is 0 Å². The van der Waals surface area contributed by atoms with Gasteiger partial charge in [-0.25, -0.2) is 17.2 Å². The minimum Gasteiger partial charge on any atom is -0.472 e. The van der Waals surface area contributed by atoms with E-state index in [9.17, 15) is 22.0 Å². The molecule has 1 saturated heterocycles. The molecule has 24 heavy (non-hydrogen) atoms. The molecule has 0 aliphatic carbocycles. The number of amides is 1. The summed E-state index contributed by atoms with van der Waals surface area (Å²) < 4.78 is 58.3. The molecular formula is C15H14F2N2O4S. The molecule has 0 spiro atoms. The molecule has 0 unspecified atom stereocenters. The first-order valence-electron chi connectivity index (χ1n) is 7.17. The maximum absolute atomic E-state index is 13.8. The number of rotatable bonds is 3. The summed E-state index contributed by atoms with van der Waals surface area (Å²) in [7, 11) is -4.30. The van der Waals surface area contributed by atoms with E-state index in [2.05, 4.69) is 0 Å². The van der Waals surface area contributed by atoms with Crippen LogP contribution in [0.4, 0.5) is 8.78 Å². The molecular weight excluding hydrogens is 342 g/mol. The highest BCUT2D eigenvalue weighted by molar-refractivity contribution is 7.89. The summed E-state index contributed by atoms with van der Waals surface area (Å²) in [4.78, 5) is 12.7. The predicted octanol–water partition coefficient (Wildman–Crippen LogP) is 1.70. The summed E-state index contributed by atoms with van der Waals surface area (Å²) in [5, 5.41) is 0. The van der Waals surface area contributed by atoms with Gasteiger partial charge in [0, 0.05) is 26.2 Å². The third kappa shape index (κ3) is 2.92. The molecule has 1 aliphatic heterocycles. The van der Waals surface area contributed by atoms with Crippen molar-refractivity contribution in [2.45, 2.75) is 4.90 Å². The van der Waals surface area contributed by atoms with Gasteiger partial charge in [0.2, 0.25) is 10.0 Å². The summed E-state index contributed by atoms with van der Waals surface area (Å²) >= 11 is 0. The van der Waals surface area contributed by atoms with Crippen LogP contribution < -0.4 is 0 Å². The van der Waals surface area contributed by atoms with Gasteiger partial charge in [-0.05, 0) is 18.2 Å². The van der Waals surface area contributed by atoms with Gasteiger partial charge in [0.15, 0.2) is 4.90 Å². The van der Waals surface area contributed by atoms with Gasteiger partial charge in [-0.15, -0.1) is 0 Å². The summed E-state index contributed by atoms with van der Waals surface area (Å²) in [5.41, 5.74) is 0.367. The molecule has 0 saturated carbocycles. The van der Waals surface area contributed by atoms with Crippen molar-refractivity contribution in [2.24, 2.45) is 0 Å². The minimum absolute atomic E-state index is 0.0420. The van der Waals surface area contributed by atoms with Crippen molar-refractivity contribution in [1.82, 2.24) is 9.21 Å². The van der Waals surface area contributed by atoms with E-state index in [1.54, 1.807) is 0 Å². The van der Waals surface area contributed by atoms with Gasteiger partial charge in [-0.1, -0.05) is 6.07 Å². The molecule has 0 N–H and O–H groups in total. The van der Waals surface area contributed by atoms with Gasteiger partial charge in [0.25, 0.3) is 5.91 Å². The fourth-order valence-corrected chi connectivity index (χ4v) is 4.09. The SMILES string of the molecule is O=C(c1ccoc1)N1CCN(S(=O)(=O)c2c(F)cccc2F)CC1. The fraction of sp³-hybridized carbons (Fsp3) is 0.267. The molecule has 1 aromatic heterocycles. The van der Waals surface area contributed by atoms with Crippen molar-refractivity contribution in [1.29, 1.82) is 0 Å². The third-order valence-electron chi connectivity index (χ3n) is 3.81. The number of nitrogens with zero attached hydrogens (tertiary/aromatic N) is 2. The summed E-state index contributed by atoms with van der Waals surface area (Å²) in [5.74, 6) is -2.54. The van der Waals surface area contributed by atoms with E-state index in [4.69, 9.17) is 4.42 Å². The van der Waals surface area contributed by atoms with Crippen molar-refractivity contribution in [2.75, 3.05) is 26.2 Å². The zero-order valence-corrected chi connectivity index (χ0v) is 13.3. The van der Waals surface area contributed by atoms with Gasteiger partial charge < -0.3 is 9.32 Å². The number of hydrogen-bond donors (Lipinski definition) is 0. The Labute approximate surface area is 137 Å². The summed E-state index contributed by atoms with van der Waals surface area (Å²) in [6.07, 6.45) is 2.68. The highest BCUT2D eigenvalue weighted by atomic mass is 32.2. The first-order valence-corrected chi connectivity index (χ1v) is 8.61. The largest absolute Gasteiger partial charge is 0.472 e. The van der Waals surface area contributed by atoms with Gasteiger partial charge in [-0.2, -0.15) is 4.31 Å². The Bertz CT molecular complexity index is 824. The van der Waals surface area contributed by atoms with Crippen molar-refractivity contribution in [3.8, 4) is 0 Å². The lowest BCUT2D eigenvalue weighted by Gasteiger charge is -2.33. The van der Waals surface area contributed by atoms with Gasteiger partial charge in [0.05, 0.1) is 11.8 Å². The smallest absolute Gasteiger partial charge is 0.257 e. The molecule has 2 heterocycles. The second kappa shape index (κ2) is 6.33.